The molecule has 12 heteroatoms. The molecule has 0 aliphatic carbocycles. The Labute approximate surface area is 188 Å². The molecule has 0 radical (unpaired) electrons. The minimum absolute atomic E-state index is 0.0116. The van der Waals surface area contributed by atoms with E-state index in [0.29, 0.717) is 12.0 Å². The monoisotopic (exact) mass is 486 g/mol. The lowest BCUT2D eigenvalue weighted by Gasteiger charge is -2.25. The Morgan fingerprint density at radius 3 is 2.33 bits per heavy atom. The van der Waals surface area contributed by atoms with Gasteiger partial charge in [-0.15, -0.1) is 13.2 Å². The fourth-order valence-corrected chi connectivity index (χ4v) is 5.21. The van der Waals surface area contributed by atoms with E-state index in [1.54, 1.807) is 30.3 Å². The van der Waals surface area contributed by atoms with Gasteiger partial charge in [0.25, 0.3) is 0 Å². The second kappa shape index (κ2) is 9.79. The summed E-state index contributed by atoms with van der Waals surface area (Å²) in [5.74, 6) is -2.60. The van der Waals surface area contributed by atoms with Crippen molar-refractivity contribution in [1.82, 2.24) is 9.62 Å². The number of benzene rings is 2. The average molecular weight is 486 g/mol. The fraction of sp³-hybridized carbons (Fsp3) is 0.333. The van der Waals surface area contributed by atoms with Crippen molar-refractivity contribution in [3.8, 4) is 5.75 Å². The minimum atomic E-state index is -4.92. The smallest absolute Gasteiger partial charge is 0.480 e. The van der Waals surface area contributed by atoms with Crippen molar-refractivity contribution >= 4 is 21.9 Å². The first-order chi connectivity index (χ1) is 15.5. The zero-order chi connectivity index (χ0) is 24.2. The van der Waals surface area contributed by atoms with Gasteiger partial charge in [-0.05, 0) is 42.7 Å². The first-order valence-electron chi connectivity index (χ1n) is 9.92. The summed E-state index contributed by atoms with van der Waals surface area (Å²) < 4.78 is 67.7. The Morgan fingerprint density at radius 2 is 1.76 bits per heavy atom. The number of aliphatic carboxylic acids is 1. The number of hydrogen-bond donors (Lipinski definition) is 2. The molecule has 2 aromatic carbocycles. The van der Waals surface area contributed by atoms with Crippen LogP contribution >= 0.6 is 0 Å². The van der Waals surface area contributed by atoms with Gasteiger partial charge in [-0.25, -0.2) is 13.2 Å². The fourth-order valence-electron chi connectivity index (χ4n) is 3.56. The van der Waals surface area contributed by atoms with Gasteiger partial charge in [-0.2, -0.15) is 4.31 Å². The summed E-state index contributed by atoms with van der Waals surface area (Å²) in [4.78, 5) is 24.2. The van der Waals surface area contributed by atoms with Crippen molar-refractivity contribution in [2.45, 2.75) is 42.6 Å². The first-order valence-corrected chi connectivity index (χ1v) is 11.4. The highest BCUT2D eigenvalue weighted by Crippen LogP contribution is 2.29. The molecule has 1 aliphatic heterocycles. The van der Waals surface area contributed by atoms with Crippen LogP contribution in [-0.4, -0.2) is 54.7 Å². The lowest BCUT2D eigenvalue weighted by atomic mass is 10.1. The number of carbonyl (C=O) groups excluding carboxylic acids is 1. The molecule has 8 nitrogen and oxygen atoms in total. The molecule has 2 aromatic rings. The predicted octanol–water partition coefficient (Wildman–Crippen LogP) is 2.55. The van der Waals surface area contributed by atoms with E-state index in [0.717, 1.165) is 28.6 Å². The van der Waals surface area contributed by atoms with Gasteiger partial charge in [0.2, 0.25) is 15.9 Å². The van der Waals surface area contributed by atoms with Crippen LogP contribution in [0, 0.1) is 0 Å². The highest BCUT2D eigenvalue weighted by molar-refractivity contribution is 7.89. The van der Waals surface area contributed by atoms with Gasteiger partial charge in [-0.3, -0.25) is 4.79 Å². The number of ether oxygens (including phenoxy) is 1. The van der Waals surface area contributed by atoms with E-state index in [1.807, 2.05) is 0 Å². The number of hydrogen-bond acceptors (Lipinski definition) is 5. The zero-order valence-corrected chi connectivity index (χ0v) is 18.0. The zero-order valence-electron chi connectivity index (χ0n) is 17.2. The van der Waals surface area contributed by atoms with Gasteiger partial charge in [0.15, 0.2) is 0 Å². The summed E-state index contributed by atoms with van der Waals surface area (Å²) in [7, 11) is -4.22. The standard InChI is InChI=1S/C21H21F3N2O6S/c22-21(23,24)32-15-8-10-16(11-9-15)33(30,31)26-12-4-7-18(26)19(27)25-17(20(28)29)13-14-5-2-1-3-6-14/h1-3,5-6,8-11,17-18H,4,7,12-13H2,(H,25,27)(H,28,29)/t17-,18-/m0/s1. The van der Waals surface area contributed by atoms with Gasteiger partial charge in [0.05, 0.1) is 4.90 Å². The Balaban J connectivity index is 1.74. The summed E-state index contributed by atoms with van der Waals surface area (Å²) in [5.41, 5.74) is 0.683. The third-order valence-corrected chi connectivity index (χ3v) is 6.99. The Bertz CT molecular complexity index is 1090. The molecular weight excluding hydrogens is 465 g/mol. The highest BCUT2D eigenvalue weighted by atomic mass is 32.2. The third kappa shape index (κ3) is 6.23. The van der Waals surface area contributed by atoms with Crippen LogP contribution in [0.2, 0.25) is 0 Å². The number of halogens is 3. The number of amides is 1. The van der Waals surface area contributed by atoms with Crippen LogP contribution in [0.4, 0.5) is 13.2 Å². The maximum atomic E-state index is 13.0. The van der Waals surface area contributed by atoms with Crippen LogP contribution in [0.3, 0.4) is 0 Å². The number of rotatable bonds is 8. The molecule has 1 fully saturated rings. The van der Waals surface area contributed by atoms with Crippen molar-refractivity contribution in [1.29, 1.82) is 0 Å². The van der Waals surface area contributed by atoms with E-state index >= 15 is 0 Å². The molecule has 33 heavy (non-hydrogen) atoms. The number of carbonyl (C=O) groups is 2. The number of alkyl halides is 3. The molecule has 1 heterocycles. The second-order valence-corrected chi connectivity index (χ2v) is 9.27. The van der Waals surface area contributed by atoms with Gasteiger partial charge >= 0.3 is 12.3 Å². The quantitative estimate of drug-likeness (QED) is 0.593. The van der Waals surface area contributed by atoms with Crippen LogP contribution in [0.5, 0.6) is 5.75 Å². The molecule has 0 unspecified atom stereocenters. The van der Waals surface area contributed by atoms with Crippen molar-refractivity contribution < 1.29 is 41.0 Å². The van der Waals surface area contributed by atoms with E-state index in [-0.39, 0.29) is 24.3 Å². The molecule has 3 rings (SSSR count). The maximum absolute atomic E-state index is 13.0. The summed E-state index contributed by atoms with van der Waals surface area (Å²) >= 11 is 0. The molecular formula is C21H21F3N2O6S. The highest BCUT2D eigenvalue weighted by Gasteiger charge is 2.40. The first kappa shape index (κ1) is 24.5. The average Bonchev–Trinajstić information content (AvgIpc) is 3.24. The van der Waals surface area contributed by atoms with Gasteiger partial charge in [-0.1, -0.05) is 30.3 Å². The number of nitrogens with zero attached hydrogens (tertiary/aromatic N) is 1. The molecule has 1 amide bonds. The second-order valence-electron chi connectivity index (χ2n) is 7.38. The van der Waals surface area contributed by atoms with Gasteiger partial charge < -0.3 is 15.2 Å². The van der Waals surface area contributed by atoms with E-state index in [9.17, 15) is 36.3 Å². The molecule has 178 valence electrons. The van der Waals surface area contributed by atoms with Gasteiger partial charge in [0.1, 0.15) is 17.8 Å². The normalized spacial score (nSPS) is 18.0. The molecule has 0 bridgehead atoms. The van der Waals surface area contributed by atoms with Crippen LogP contribution in [0.1, 0.15) is 18.4 Å². The third-order valence-electron chi connectivity index (χ3n) is 5.07. The molecule has 1 aliphatic rings. The molecule has 1 saturated heterocycles. The largest absolute Gasteiger partial charge is 0.573 e. The van der Waals surface area contributed by atoms with Crippen molar-refractivity contribution in [3.05, 3.63) is 60.2 Å². The minimum Gasteiger partial charge on any atom is -0.480 e. The van der Waals surface area contributed by atoms with Crippen LogP contribution in [-0.2, 0) is 26.0 Å². The van der Waals surface area contributed by atoms with Crippen molar-refractivity contribution in [2.75, 3.05) is 6.54 Å². The van der Waals surface area contributed by atoms with Crippen LogP contribution < -0.4 is 10.1 Å². The Hall–Kier alpha value is -3.12. The van der Waals surface area contributed by atoms with E-state index < -0.39 is 46.1 Å². The number of carboxylic acid groups (broad SMARTS) is 1. The summed E-state index contributed by atoms with van der Waals surface area (Å²) in [6, 6.07) is 9.89. The summed E-state index contributed by atoms with van der Waals surface area (Å²) in [6.07, 6.45) is -4.36. The lowest BCUT2D eigenvalue weighted by Crippen LogP contribution is -2.51. The Kier molecular flexibility index (Phi) is 7.28. The van der Waals surface area contributed by atoms with Crippen molar-refractivity contribution in [2.24, 2.45) is 0 Å². The lowest BCUT2D eigenvalue weighted by molar-refractivity contribution is -0.274. The van der Waals surface area contributed by atoms with Crippen LogP contribution in [0.25, 0.3) is 0 Å². The molecule has 2 atom stereocenters. The van der Waals surface area contributed by atoms with Gasteiger partial charge in [0, 0.05) is 13.0 Å². The van der Waals surface area contributed by atoms with Crippen molar-refractivity contribution in [3.63, 3.8) is 0 Å². The maximum Gasteiger partial charge on any atom is 0.573 e. The SMILES string of the molecule is O=C(O)[C@H](Cc1ccccc1)NC(=O)[C@@H]1CCCN1S(=O)(=O)c1ccc(OC(F)(F)F)cc1. The summed E-state index contributed by atoms with van der Waals surface area (Å²) in [6.45, 7) is 0.0116. The predicted molar refractivity (Wildman–Crippen MR) is 110 cm³/mol. The number of sulfonamides is 1. The Morgan fingerprint density at radius 1 is 1.12 bits per heavy atom. The van der Waals surface area contributed by atoms with Crippen LogP contribution in [0.15, 0.2) is 59.5 Å². The van der Waals surface area contributed by atoms with E-state index in [4.69, 9.17) is 0 Å². The van der Waals surface area contributed by atoms with E-state index in [2.05, 4.69) is 10.1 Å². The molecule has 0 aromatic heterocycles. The topological polar surface area (TPSA) is 113 Å². The molecule has 0 spiro atoms. The molecule has 2 N–H and O–H groups in total. The number of nitrogens with one attached hydrogen (secondary N) is 1. The van der Waals surface area contributed by atoms with E-state index in [1.165, 1.54) is 0 Å². The summed E-state index contributed by atoms with van der Waals surface area (Å²) in [5, 5.41) is 11.9. The number of carboxylic acids is 1. The molecule has 0 saturated carbocycles.